The molecule has 4 nitrogen and oxygen atoms in total. The van der Waals surface area contributed by atoms with Gasteiger partial charge >= 0.3 is 0 Å². The largest absolute Gasteiger partial charge is 0.396 e. The van der Waals surface area contributed by atoms with Crippen LogP contribution in [0.4, 0.5) is 5.69 Å². The monoisotopic (exact) mass is 328 g/mol. The Kier molecular flexibility index (Phi) is 5.91. The normalized spacial score (nSPS) is 20.8. The van der Waals surface area contributed by atoms with Crippen LogP contribution in [-0.2, 0) is 0 Å². The number of benzene rings is 1. The van der Waals surface area contributed by atoms with Gasteiger partial charge in [-0.3, -0.25) is 4.79 Å². The predicted octanol–water partition coefficient (Wildman–Crippen LogP) is 3.44. The van der Waals surface area contributed by atoms with Crippen LogP contribution in [0.15, 0.2) is 35.9 Å². The molecular formula is C20H28N2O2. The SMILES string of the molecule is O=C(c1ccccc1NCCC1=CCCCC1)N1CCC(CO)C1. The first-order valence-corrected chi connectivity index (χ1v) is 9.19. The van der Waals surface area contributed by atoms with Crippen molar-refractivity contribution in [3.63, 3.8) is 0 Å². The van der Waals surface area contributed by atoms with E-state index in [0.29, 0.717) is 6.54 Å². The van der Waals surface area contributed by atoms with E-state index < -0.39 is 0 Å². The quantitative estimate of drug-likeness (QED) is 0.787. The topological polar surface area (TPSA) is 52.6 Å². The fraction of sp³-hybridized carbons (Fsp3) is 0.550. The van der Waals surface area contributed by atoms with Gasteiger partial charge in [-0.1, -0.05) is 23.8 Å². The standard InChI is InChI=1S/C20H28N2O2/c23-15-17-11-13-22(14-17)20(24)18-8-4-5-9-19(18)21-12-10-16-6-2-1-3-7-16/h4-6,8-9,17,21,23H,1-3,7,10-15H2. The summed E-state index contributed by atoms with van der Waals surface area (Å²) in [7, 11) is 0. The lowest BCUT2D eigenvalue weighted by atomic mass is 9.97. The Morgan fingerprint density at radius 2 is 2.17 bits per heavy atom. The highest BCUT2D eigenvalue weighted by molar-refractivity contribution is 5.99. The van der Waals surface area contributed by atoms with Gasteiger partial charge in [-0.15, -0.1) is 0 Å². The predicted molar refractivity (Wildman–Crippen MR) is 97.2 cm³/mol. The number of hydrogen-bond acceptors (Lipinski definition) is 3. The Morgan fingerprint density at radius 3 is 2.92 bits per heavy atom. The molecule has 1 aromatic rings. The van der Waals surface area contributed by atoms with Gasteiger partial charge in [0.25, 0.3) is 5.91 Å². The van der Waals surface area contributed by atoms with E-state index in [1.54, 1.807) is 5.57 Å². The summed E-state index contributed by atoms with van der Waals surface area (Å²) in [5, 5.41) is 12.7. The molecule has 1 heterocycles. The molecule has 2 aliphatic rings. The molecule has 0 spiro atoms. The number of aliphatic hydroxyl groups excluding tert-OH is 1. The minimum Gasteiger partial charge on any atom is -0.396 e. The fourth-order valence-electron chi connectivity index (χ4n) is 3.65. The minimum atomic E-state index is 0.0749. The maximum absolute atomic E-state index is 12.8. The van der Waals surface area contributed by atoms with Crippen molar-refractivity contribution in [2.45, 2.75) is 38.5 Å². The number of nitrogens with one attached hydrogen (secondary N) is 1. The highest BCUT2D eigenvalue weighted by Crippen LogP contribution is 2.24. The summed E-state index contributed by atoms with van der Waals surface area (Å²) >= 11 is 0. The number of para-hydroxylation sites is 1. The first-order chi connectivity index (χ1) is 11.8. The van der Waals surface area contributed by atoms with E-state index >= 15 is 0 Å². The molecule has 0 radical (unpaired) electrons. The first-order valence-electron chi connectivity index (χ1n) is 9.19. The van der Waals surface area contributed by atoms with E-state index in [1.807, 2.05) is 29.2 Å². The van der Waals surface area contributed by atoms with E-state index in [1.165, 1.54) is 25.7 Å². The third-order valence-corrected chi connectivity index (χ3v) is 5.14. The van der Waals surface area contributed by atoms with Crippen LogP contribution < -0.4 is 5.32 Å². The molecule has 1 fully saturated rings. The number of aliphatic hydroxyl groups is 1. The minimum absolute atomic E-state index is 0.0749. The second kappa shape index (κ2) is 8.34. The van der Waals surface area contributed by atoms with Gasteiger partial charge < -0.3 is 15.3 Å². The van der Waals surface area contributed by atoms with Gasteiger partial charge in [-0.05, 0) is 50.7 Å². The van der Waals surface area contributed by atoms with Crippen molar-refractivity contribution in [2.24, 2.45) is 5.92 Å². The average Bonchev–Trinajstić information content (AvgIpc) is 3.12. The molecule has 0 aromatic heterocycles. The van der Waals surface area contributed by atoms with E-state index in [4.69, 9.17) is 0 Å². The second-order valence-electron chi connectivity index (χ2n) is 6.92. The van der Waals surface area contributed by atoms with Crippen LogP contribution in [0, 0.1) is 5.92 Å². The van der Waals surface area contributed by atoms with Crippen molar-refractivity contribution in [1.82, 2.24) is 4.90 Å². The lowest BCUT2D eigenvalue weighted by Crippen LogP contribution is -2.29. The number of nitrogens with zero attached hydrogens (tertiary/aromatic N) is 1. The van der Waals surface area contributed by atoms with Crippen LogP contribution in [0.5, 0.6) is 0 Å². The first kappa shape index (κ1) is 17.0. The van der Waals surface area contributed by atoms with Crippen molar-refractivity contribution in [2.75, 3.05) is 31.6 Å². The molecule has 1 atom stereocenters. The van der Waals surface area contributed by atoms with Crippen LogP contribution in [-0.4, -0.2) is 42.2 Å². The molecule has 1 unspecified atom stereocenters. The van der Waals surface area contributed by atoms with Gasteiger partial charge in [0.15, 0.2) is 0 Å². The summed E-state index contributed by atoms with van der Waals surface area (Å²) in [5.41, 5.74) is 3.21. The second-order valence-corrected chi connectivity index (χ2v) is 6.92. The molecule has 0 bridgehead atoms. The molecule has 1 amide bonds. The Morgan fingerprint density at radius 1 is 1.29 bits per heavy atom. The van der Waals surface area contributed by atoms with Crippen molar-refractivity contribution >= 4 is 11.6 Å². The summed E-state index contributed by atoms with van der Waals surface area (Å²) in [6, 6.07) is 7.78. The molecule has 2 N–H and O–H groups in total. The van der Waals surface area contributed by atoms with Gasteiger partial charge in [0.1, 0.15) is 0 Å². The van der Waals surface area contributed by atoms with Crippen LogP contribution in [0.2, 0.25) is 0 Å². The Labute approximate surface area is 144 Å². The van der Waals surface area contributed by atoms with Crippen molar-refractivity contribution in [3.05, 3.63) is 41.5 Å². The average molecular weight is 328 g/mol. The summed E-state index contributed by atoms with van der Waals surface area (Å²) in [6.07, 6.45) is 9.39. The summed E-state index contributed by atoms with van der Waals surface area (Å²) in [6.45, 7) is 2.44. The number of allylic oxidation sites excluding steroid dienone is 1. The number of carbonyl (C=O) groups is 1. The van der Waals surface area contributed by atoms with Crippen molar-refractivity contribution in [3.8, 4) is 0 Å². The zero-order valence-corrected chi connectivity index (χ0v) is 14.3. The smallest absolute Gasteiger partial charge is 0.255 e. The molecule has 1 saturated heterocycles. The number of carbonyl (C=O) groups excluding carboxylic acids is 1. The molecule has 1 aliphatic carbocycles. The lowest BCUT2D eigenvalue weighted by molar-refractivity contribution is 0.0783. The van der Waals surface area contributed by atoms with Crippen LogP contribution >= 0.6 is 0 Å². The lowest BCUT2D eigenvalue weighted by Gasteiger charge is -2.19. The molecule has 1 aromatic carbocycles. The zero-order valence-electron chi connectivity index (χ0n) is 14.3. The van der Waals surface area contributed by atoms with Crippen molar-refractivity contribution in [1.29, 1.82) is 0 Å². The number of rotatable bonds is 6. The van der Waals surface area contributed by atoms with E-state index in [9.17, 15) is 9.90 Å². The molecule has 0 saturated carbocycles. The van der Waals surface area contributed by atoms with Gasteiger partial charge in [0, 0.05) is 37.8 Å². The number of hydrogen-bond donors (Lipinski definition) is 2. The van der Waals surface area contributed by atoms with Crippen LogP contribution in [0.1, 0.15) is 48.9 Å². The molecule has 24 heavy (non-hydrogen) atoms. The molecule has 3 rings (SSSR count). The summed E-state index contributed by atoms with van der Waals surface area (Å²) < 4.78 is 0. The van der Waals surface area contributed by atoms with Crippen molar-refractivity contribution < 1.29 is 9.90 Å². The third kappa shape index (κ3) is 4.18. The van der Waals surface area contributed by atoms with E-state index in [0.717, 1.165) is 37.2 Å². The molecular weight excluding hydrogens is 300 g/mol. The zero-order chi connectivity index (χ0) is 16.8. The Balaban J connectivity index is 1.60. The molecule has 130 valence electrons. The third-order valence-electron chi connectivity index (χ3n) is 5.14. The number of amides is 1. The maximum Gasteiger partial charge on any atom is 0.255 e. The Hall–Kier alpha value is -1.81. The number of likely N-dealkylation sites (tertiary alicyclic amines) is 1. The van der Waals surface area contributed by atoms with Crippen LogP contribution in [0.3, 0.4) is 0 Å². The van der Waals surface area contributed by atoms with Gasteiger partial charge in [-0.2, -0.15) is 0 Å². The highest BCUT2D eigenvalue weighted by Gasteiger charge is 2.27. The highest BCUT2D eigenvalue weighted by atomic mass is 16.3. The fourth-order valence-corrected chi connectivity index (χ4v) is 3.65. The molecule has 4 heteroatoms. The van der Waals surface area contributed by atoms with Crippen LogP contribution in [0.25, 0.3) is 0 Å². The summed E-state index contributed by atoms with van der Waals surface area (Å²) in [5.74, 6) is 0.304. The maximum atomic E-state index is 12.8. The summed E-state index contributed by atoms with van der Waals surface area (Å²) in [4.78, 5) is 14.7. The van der Waals surface area contributed by atoms with E-state index in [2.05, 4.69) is 11.4 Å². The Bertz CT molecular complexity index is 597. The van der Waals surface area contributed by atoms with Gasteiger partial charge in [0.2, 0.25) is 0 Å². The van der Waals surface area contributed by atoms with E-state index in [-0.39, 0.29) is 18.4 Å². The van der Waals surface area contributed by atoms with Gasteiger partial charge in [-0.25, -0.2) is 0 Å². The molecule has 1 aliphatic heterocycles. The van der Waals surface area contributed by atoms with Gasteiger partial charge in [0.05, 0.1) is 5.56 Å². The number of anilines is 1.